The monoisotopic (exact) mass is 265 g/mol. The topological polar surface area (TPSA) is 43.8 Å². The fourth-order valence-corrected chi connectivity index (χ4v) is 2.50. The molecule has 0 amide bonds. The van der Waals surface area contributed by atoms with Gasteiger partial charge in [-0.25, -0.2) is 4.98 Å². The number of nitrogens with two attached hydrogens (primary N) is 1. The minimum absolute atomic E-state index is 0.268. The molecule has 0 spiro atoms. The first-order chi connectivity index (χ1) is 9.27. The molecule has 0 saturated heterocycles. The van der Waals surface area contributed by atoms with Crippen molar-refractivity contribution in [3.8, 4) is 0 Å². The molecule has 0 radical (unpaired) electrons. The number of hydrogen-bond donors (Lipinski definition) is 1. The van der Waals surface area contributed by atoms with Gasteiger partial charge in [-0.05, 0) is 12.8 Å². The molecule has 0 aliphatic heterocycles. The molecule has 0 fully saturated rings. The summed E-state index contributed by atoms with van der Waals surface area (Å²) in [7, 11) is 0. The normalized spacial score (nSPS) is 12.8. The second kappa shape index (κ2) is 10.0. The van der Waals surface area contributed by atoms with E-state index in [4.69, 9.17) is 5.73 Å². The highest BCUT2D eigenvalue weighted by molar-refractivity contribution is 4.95. The van der Waals surface area contributed by atoms with Crippen LogP contribution in [-0.4, -0.2) is 15.6 Å². The van der Waals surface area contributed by atoms with Crippen LogP contribution in [0.1, 0.15) is 71.0 Å². The fourth-order valence-electron chi connectivity index (χ4n) is 2.50. The third-order valence-corrected chi connectivity index (χ3v) is 3.64. The maximum atomic E-state index is 6.22. The molecule has 3 nitrogen and oxygen atoms in total. The zero-order chi connectivity index (χ0) is 13.9. The average molecular weight is 265 g/mol. The molecule has 110 valence electrons. The largest absolute Gasteiger partial charge is 0.335 e. The van der Waals surface area contributed by atoms with Crippen molar-refractivity contribution in [2.45, 2.75) is 84.2 Å². The standard InChI is InChI=1S/C16H31N3/c1-3-5-6-7-8-9-10-15(17)14-16-18-11-13-19(16)12-4-2/h11,13,15H,3-10,12,14,17H2,1-2H3. The zero-order valence-electron chi connectivity index (χ0n) is 12.8. The Balaban J connectivity index is 2.16. The van der Waals surface area contributed by atoms with Gasteiger partial charge in [0.2, 0.25) is 0 Å². The number of unbranched alkanes of at least 4 members (excludes halogenated alkanes) is 5. The molecule has 0 aliphatic carbocycles. The smallest absolute Gasteiger partial charge is 0.110 e. The van der Waals surface area contributed by atoms with E-state index in [1.807, 2.05) is 6.20 Å². The fraction of sp³-hybridized carbons (Fsp3) is 0.812. The van der Waals surface area contributed by atoms with Gasteiger partial charge in [0.25, 0.3) is 0 Å². The quantitative estimate of drug-likeness (QED) is 0.616. The molecule has 0 bridgehead atoms. The van der Waals surface area contributed by atoms with Crippen LogP contribution < -0.4 is 5.73 Å². The van der Waals surface area contributed by atoms with Crippen molar-refractivity contribution in [3.63, 3.8) is 0 Å². The molecule has 1 aromatic rings. The van der Waals surface area contributed by atoms with Crippen molar-refractivity contribution in [2.24, 2.45) is 5.73 Å². The summed E-state index contributed by atoms with van der Waals surface area (Å²) < 4.78 is 2.24. The second-order valence-electron chi connectivity index (χ2n) is 5.56. The number of rotatable bonds is 11. The van der Waals surface area contributed by atoms with Crippen LogP contribution in [0.5, 0.6) is 0 Å². The van der Waals surface area contributed by atoms with Gasteiger partial charge < -0.3 is 10.3 Å². The molecule has 1 unspecified atom stereocenters. The Labute approximate surface area is 118 Å². The molecule has 0 saturated carbocycles. The van der Waals surface area contributed by atoms with Gasteiger partial charge >= 0.3 is 0 Å². The Hall–Kier alpha value is -0.830. The first kappa shape index (κ1) is 16.2. The summed E-state index contributed by atoms with van der Waals surface area (Å²) in [5.41, 5.74) is 6.22. The Morgan fingerprint density at radius 3 is 2.58 bits per heavy atom. The van der Waals surface area contributed by atoms with Crippen molar-refractivity contribution < 1.29 is 0 Å². The Morgan fingerprint density at radius 2 is 1.84 bits per heavy atom. The van der Waals surface area contributed by atoms with E-state index in [0.717, 1.165) is 31.6 Å². The van der Waals surface area contributed by atoms with E-state index >= 15 is 0 Å². The summed E-state index contributed by atoms with van der Waals surface area (Å²) in [6.07, 6.45) is 15.2. The Morgan fingerprint density at radius 1 is 1.11 bits per heavy atom. The lowest BCUT2D eigenvalue weighted by atomic mass is 10.0. The van der Waals surface area contributed by atoms with Crippen LogP contribution in [0.25, 0.3) is 0 Å². The number of nitrogens with zero attached hydrogens (tertiary/aromatic N) is 2. The van der Waals surface area contributed by atoms with Crippen LogP contribution in [-0.2, 0) is 13.0 Å². The van der Waals surface area contributed by atoms with Crippen molar-refractivity contribution in [1.29, 1.82) is 0 Å². The average Bonchev–Trinajstić information content (AvgIpc) is 2.81. The lowest BCUT2D eigenvalue weighted by Gasteiger charge is -2.12. The van der Waals surface area contributed by atoms with Crippen molar-refractivity contribution >= 4 is 0 Å². The molecule has 1 atom stereocenters. The van der Waals surface area contributed by atoms with Crippen LogP contribution in [0.2, 0.25) is 0 Å². The van der Waals surface area contributed by atoms with Gasteiger partial charge in [-0.1, -0.05) is 52.4 Å². The number of aryl methyl sites for hydroxylation is 1. The molecule has 2 N–H and O–H groups in total. The molecule has 19 heavy (non-hydrogen) atoms. The van der Waals surface area contributed by atoms with E-state index in [1.54, 1.807) is 0 Å². The van der Waals surface area contributed by atoms with Gasteiger partial charge in [0.15, 0.2) is 0 Å². The summed E-state index contributed by atoms with van der Waals surface area (Å²) in [6, 6.07) is 0.268. The summed E-state index contributed by atoms with van der Waals surface area (Å²) in [4.78, 5) is 4.43. The van der Waals surface area contributed by atoms with E-state index in [0.29, 0.717) is 0 Å². The van der Waals surface area contributed by atoms with E-state index in [1.165, 1.54) is 38.5 Å². The second-order valence-corrected chi connectivity index (χ2v) is 5.56. The van der Waals surface area contributed by atoms with Crippen LogP contribution in [0.4, 0.5) is 0 Å². The predicted molar refractivity (Wildman–Crippen MR) is 82.2 cm³/mol. The van der Waals surface area contributed by atoms with Gasteiger partial charge in [0.1, 0.15) is 5.82 Å². The Bertz CT molecular complexity index is 320. The molecule has 1 heterocycles. The summed E-state index contributed by atoms with van der Waals surface area (Å²) in [6.45, 7) is 5.51. The molecule has 3 heteroatoms. The van der Waals surface area contributed by atoms with Crippen LogP contribution >= 0.6 is 0 Å². The zero-order valence-corrected chi connectivity index (χ0v) is 12.8. The third kappa shape index (κ3) is 6.76. The SMILES string of the molecule is CCCCCCCCC(N)Cc1nccn1CCC. The van der Waals surface area contributed by atoms with E-state index in [-0.39, 0.29) is 6.04 Å². The molecular formula is C16H31N3. The van der Waals surface area contributed by atoms with Crippen molar-refractivity contribution in [2.75, 3.05) is 0 Å². The number of imidazole rings is 1. The van der Waals surface area contributed by atoms with Gasteiger partial charge in [-0.15, -0.1) is 0 Å². The summed E-state index contributed by atoms with van der Waals surface area (Å²) >= 11 is 0. The summed E-state index contributed by atoms with van der Waals surface area (Å²) in [5.74, 6) is 1.15. The predicted octanol–water partition coefficient (Wildman–Crippen LogP) is 3.91. The van der Waals surface area contributed by atoms with Crippen LogP contribution in [0, 0.1) is 0 Å². The van der Waals surface area contributed by atoms with Crippen LogP contribution in [0.15, 0.2) is 12.4 Å². The van der Waals surface area contributed by atoms with Gasteiger partial charge in [0, 0.05) is 31.4 Å². The molecule has 1 rings (SSSR count). The van der Waals surface area contributed by atoms with Gasteiger partial charge in [-0.3, -0.25) is 0 Å². The highest BCUT2D eigenvalue weighted by Crippen LogP contribution is 2.10. The number of aromatic nitrogens is 2. The highest BCUT2D eigenvalue weighted by Gasteiger charge is 2.08. The first-order valence-electron chi connectivity index (χ1n) is 8.03. The minimum atomic E-state index is 0.268. The maximum Gasteiger partial charge on any atom is 0.110 e. The van der Waals surface area contributed by atoms with E-state index in [9.17, 15) is 0 Å². The third-order valence-electron chi connectivity index (χ3n) is 3.64. The summed E-state index contributed by atoms with van der Waals surface area (Å²) in [5, 5.41) is 0. The Kier molecular flexibility index (Phi) is 8.55. The highest BCUT2D eigenvalue weighted by atomic mass is 15.1. The first-order valence-corrected chi connectivity index (χ1v) is 8.03. The molecule has 1 aromatic heterocycles. The lowest BCUT2D eigenvalue weighted by molar-refractivity contribution is 0.513. The number of hydrogen-bond acceptors (Lipinski definition) is 2. The van der Waals surface area contributed by atoms with E-state index < -0.39 is 0 Å². The molecule has 0 aliphatic rings. The lowest BCUT2D eigenvalue weighted by Crippen LogP contribution is -2.24. The van der Waals surface area contributed by atoms with Gasteiger partial charge in [0.05, 0.1) is 0 Å². The maximum absolute atomic E-state index is 6.22. The van der Waals surface area contributed by atoms with Crippen molar-refractivity contribution in [1.82, 2.24) is 9.55 Å². The molecular weight excluding hydrogens is 234 g/mol. The van der Waals surface area contributed by atoms with E-state index in [2.05, 4.69) is 29.6 Å². The van der Waals surface area contributed by atoms with Gasteiger partial charge in [-0.2, -0.15) is 0 Å². The van der Waals surface area contributed by atoms with Crippen LogP contribution in [0.3, 0.4) is 0 Å². The van der Waals surface area contributed by atoms with Crippen molar-refractivity contribution in [3.05, 3.63) is 18.2 Å². The minimum Gasteiger partial charge on any atom is -0.335 e. The molecule has 0 aromatic carbocycles.